The van der Waals surface area contributed by atoms with Crippen molar-refractivity contribution in [1.82, 2.24) is 5.16 Å². The Morgan fingerprint density at radius 2 is 1.70 bits per heavy atom. The third kappa shape index (κ3) is 7.86. The third-order valence-corrected chi connectivity index (χ3v) is 10.4. The lowest BCUT2D eigenvalue weighted by atomic mass is 10.0. The number of unbranched alkanes of at least 4 members (excludes halogenated alkanes) is 3. The summed E-state index contributed by atoms with van der Waals surface area (Å²) >= 11 is 0. The molecule has 4 aromatic rings. The minimum atomic E-state index is -4.19. The van der Waals surface area contributed by atoms with E-state index in [0.29, 0.717) is 36.8 Å². The average molecular weight is 681 g/mol. The van der Waals surface area contributed by atoms with Crippen molar-refractivity contribution in [3.05, 3.63) is 106 Å². The van der Waals surface area contributed by atoms with Crippen LogP contribution in [-0.4, -0.2) is 43.2 Å². The van der Waals surface area contributed by atoms with Gasteiger partial charge in [0.1, 0.15) is 5.82 Å². The minimum Gasteiger partial charge on any atom is -0.465 e. The number of sulfone groups is 1. The van der Waals surface area contributed by atoms with E-state index in [1.807, 2.05) is 37.3 Å². The zero-order chi connectivity index (χ0) is 33.6. The largest absolute Gasteiger partial charge is 0.465 e. The summed E-state index contributed by atoms with van der Waals surface area (Å²) in [7, 11) is -5.27. The highest BCUT2D eigenvalue weighted by atomic mass is 32.2. The van der Waals surface area contributed by atoms with E-state index in [1.165, 1.54) is 36.4 Å². The van der Waals surface area contributed by atoms with Crippen molar-refractivity contribution >= 4 is 43.8 Å². The molecule has 0 radical (unpaired) electrons. The highest BCUT2D eigenvalue weighted by molar-refractivity contribution is 7.91. The van der Waals surface area contributed by atoms with Crippen LogP contribution in [0.1, 0.15) is 55.7 Å². The molecule has 1 aliphatic rings. The Balaban J connectivity index is 1.10. The number of esters is 1. The topological polar surface area (TPSA) is 140 Å². The zero-order valence-corrected chi connectivity index (χ0v) is 27.4. The van der Waals surface area contributed by atoms with Crippen molar-refractivity contribution in [3.63, 3.8) is 0 Å². The highest BCUT2D eigenvalue weighted by Gasteiger charge is 2.35. The molecule has 5 rings (SSSR count). The van der Waals surface area contributed by atoms with Crippen LogP contribution in [0, 0.1) is 11.0 Å². The second kappa shape index (κ2) is 14.9. The number of benzene rings is 3. The van der Waals surface area contributed by atoms with Gasteiger partial charge in [0.2, 0.25) is 0 Å². The molecule has 10 nitrogen and oxygen atoms in total. The number of hydrogen-bond donors (Lipinski definition) is 0. The lowest BCUT2D eigenvalue weighted by Crippen LogP contribution is -2.30. The number of aromatic nitrogens is 2. The van der Waals surface area contributed by atoms with Gasteiger partial charge in [0.25, 0.3) is 9.84 Å². The Hall–Kier alpha value is -4.62. The number of fused-ring (bicyclic) bond motifs is 1. The van der Waals surface area contributed by atoms with Crippen molar-refractivity contribution in [1.29, 1.82) is 0 Å². The molecular formula is C34H33FN2O8S2. The molecule has 0 bridgehead atoms. The van der Waals surface area contributed by atoms with Gasteiger partial charge in [0.15, 0.2) is 0 Å². The van der Waals surface area contributed by atoms with Gasteiger partial charge in [0.05, 0.1) is 29.7 Å². The van der Waals surface area contributed by atoms with Crippen molar-refractivity contribution in [2.24, 2.45) is 0 Å². The number of allylic oxidation sites excluding steroid dienone is 2. The van der Waals surface area contributed by atoms with Crippen LogP contribution >= 0.6 is 0 Å². The number of nitrogens with zero attached hydrogens (tertiary/aromatic N) is 2. The van der Waals surface area contributed by atoms with E-state index >= 15 is 0 Å². The number of carbonyl (C=O) groups excluding carboxylic acids is 1. The molecule has 0 spiro atoms. The van der Waals surface area contributed by atoms with Crippen LogP contribution in [0.4, 0.5) is 4.39 Å². The first-order valence-electron chi connectivity index (χ1n) is 14.9. The second-order valence-electron chi connectivity index (χ2n) is 10.9. The van der Waals surface area contributed by atoms with Crippen molar-refractivity contribution in [2.75, 3.05) is 19.5 Å². The van der Waals surface area contributed by atoms with Gasteiger partial charge in [-0.2, -0.15) is 0 Å². The summed E-state index contributed by atoms with van der Waals surface area (Å²) < 4.78 is 67.1. The second-order valence-corrected chi connectivity index (χ2v) is 14.1. The molecule has 0 fully saturated rings. The number of halogens is 1. The molecule has 13 heteroatoms. The molecule has 0 saturated carbocycles. The summed E-state index contributed by atoms with van der Waals surface area (Å²) in [6.45, 7) is 2.21. The highest BCUT2D eigenvalue weighted by Crippen LogP contribution is 2.44. The van der Waals surface area contributed by atoms with Gasteiger partial charge in [-0.3, -0.25) is 13.6 Å². The molecule has 0 aliphatic heterocycles. The van der Waals surface area contributed by atoms with Gasteiger partial charge in [-0.1, -0.05) is 36.4 Å². The average Bonchev–Trinajstić information content (AvgIpc) is 3.55. The third-order valence-electron chi connectivity index (χ3n) is 7.69. The molecule has 0 amide bonds. The van der Waals surface area contributed by atoms with Gasteiger partial charge in [-0.05, 0) is 113 Å². The number of rotatable bonds is 14. The van der Waals surface area contributed by atoms with E-state index in [1.54, 1.807) is 18.4 Å². The smallest absolute Gasteiger partial charge is 0.414 e. The van der Waals surface area contributed by atoms with Crippen LogP contribution < -0.4 is 9.64 Å². The maximum absolute atomic E-state index is 14.2. The molecule has 0 N–H and O–H groups in total. The molecule has 1 atom stereocenters. The number of hydrogen-bond acceptors (Lipinski definition) is 9. The summed E-state index contributed by atoms with van der Waals surface area (Å²) in [5.41, 5.74) is 4.84. The maximum Gasteiger partial charge on any atom is 0.414 e. The van der Waals surface area contributed by atoms with Crippen LogP contribution in [0.5, 0.6) is 5.88 Å². The fourth-order valence-corrected chi connectivity index (χ4v) is 7.07. The molecule has 1 heterocycles. The first kappa shape index (κ1) is 33.7. The van der Waals surface area contributed by atoms with Gasteiger partial charge < -0.3 is 14.7 Å². The van der Waals surface area contributed by atoms with Crippen molar-refractivity contribution < 1.29 is 40.8 Å². The molecule has 1 aliphatic carbocycles. The van der Waals surface area contributed by atoms with Gasteiger partial charge in [0, 0.05) is 22.0 Å². The Bertz CT molecular complexity index is 1950. The summed E-state index contributed by atoms with van der Waals surface area (Å²) in [6, 6.07) is 19.4. The van der Waals surface area contributed by atoms with Crippen LogP contribution in [0.3, 0.4) is 0 Å². The van der Waals surface area contributed by atoms with E-state index in [9.17, 15) is 27.0 Å². The molecule has 47 heavy (non-hydrogen) atoms. The maximum atomic E-state index is 14.2. The van der Waals surface area contributed by atoms with E-state index in [-0.39, 0.29) is 29.4 Å². The predicted molar refractivity (Wildman–Crippen MR) is 173 cm³/mol. The molecule has 1 aromatic heterocycles. The first-order valence-corrected chi connectivity index (χ1v) is 17.9. The van der Waals surface area contributed by atoms with E-state index < -0.39 is 43.3 Å². The Kier molecular flexibility index (Phi) is 10.7. The van der Waals surface area contributed by atoms with Gasteiger partial charge >= 0.3 is 16.9 Å². The SMILES string of the molecule is CC1=C(CC(=O)OCCCCCCOc2no[n+]([O-])c2S(=O)(=O)c2ccccc2)c2cc(F)ccc2/C1=C/c1ccc(S(C)=O)cc1. The van der Waals surface area contributed by atoms with Crippen LogP contribution in [-0.2, 0) is 30.2 Å². The Morgan fingerprint density at radius 3 is 2.40 bits per heavy atom. The van der Waals surface area contributed by atoms with E-state index in [2.05, 4.69) is 9.79 Å². The Morgan fingerprint density at radius 1 is 1.00 bits per heavy atom. The first-order chi connectivity index (χ1) is 22.6. The summed E-state index contributed by atoms with van der Waals surface area (Å²) in [5, 5.41) is 14.7. The van der Waals surface area contributed by atoms with Crippen molar-refractivity contribution in [2.45, 2.75) is 53.8 Å². The Labute approximate surface area is 274 Å². The van der Waals surface area contributed by atoms with Crippen LogP contribution in [0.2, 0.25) is 0 Å². The summed E-state index contributed by atoms with van der Waals surface area (Å²) in [5.74, 6) is -1.22. The normalized spacial score (nSPS) is 14.3. The number of ether oxygens (including phenoxy) is 2. The van der Waals surface area contributed by atoms with E-state index in [0.717, 1.165) is 27.2 Å². The van der Waals surface area contributed by atoms with E-state index in [4.69, 9.17) is 9.47 Å². The lowest BCUT2D eigenvalue weighted by Gasteiger charge is -2.08. The fraction of sp³-hybridized carbons (Fsp3) is 0.265. The van der Waals surface area contributed by atoms with Crippen molar-refractivity contribution in [3.8, 4) is 5.88 Å². The predicted octanol–water partition coefficient (Wildman–Crippen LogP) is 5.92. The summed E-state index contributed by atoms with van der Waals surface area (Å²) in [4.78, 5) is 13.3. The van der Waals surface area contributed by atoms with Crippen LogP contribution in [0.25, 0.3) is 17.2 Å². The lowest BCUT2D eigenvalue weighted by molar-refractivity contribution is -0.832. The molecule has 3 aromatic carbocycles. The zero-order valence-electron chi connectivity index (χ0n) is 25.8. The molecule has 0 saturated heterocycles. The van der Waals surface area contributed by atoms with Gasteiger partial charge in [-0.15, -0.1) is 0 Å². The van der Waals surface area contributed by atoms with Gasteiger partial charge in [-0.25, -0.2) is 12.8 Å². The fourth-order valence-electron chi connectivity index (χ4n) is 5.25. The minimum absolute atomic E-state index is 0.00709. The van der Waals surface area contributed by atoms with Crippen LogP contribution in [0.15, 0.2) is 97.8 Å². The molecular weight excluding hydrogens is 648 g/mol. The number of carbonyl (C=O) groups is 1. The molecule has 1 unspecified atom stereocenters. The monoisotopic (exact) mass is 680 g/mol. The quantitative estimate of drug-likeness (QED) is 0.0902. The standard InChI is InChI=1S/C34H33FN2O8S2/c1-23-29(20-24-12-15-26(16-13-24)46(2)40)28-17-14-25(35)21-31(28)30(23)22-32(38)43-18-8-3-4-9-19-44-33-34(37(39)45-36-33)47(41,42)27-10-6-5-7-11-27/h5-7,10-17,20-21H,3-4,8-9,18-19,22H2,1-2H3/b29-20+. The molecule has 246 valence electrons. The summed E-state index contributed by atoms with van der Waals surface area (Å²) in [6.07, 6.45) is 6.11.